The van der Waals surface area contributed by atoms with Gasteiger partial charge in [0.05, 0.1) is 5.71 Å². The summed E-state index contributed by atoms with van der Waals surface area (Å²) >= 11 is 4.14. The van der Waals surface area contributed by atoms with Gasteiger partial charge in [-0.25, -0.2) is 0 Å². The van der Waals surface area contributed by atoms with E-state index in [0.29, 0.717) is 0 Å². The molecule has 0 heterocycles. The third-order valence-corrected chi connectivity index (χ3v) is 3.63. The summed E-state index contributed by atoms with van der Waals surface area (Å²) in [5.74, 6) is 0.913. The van der Waals surface area contributed by atoms with Gasteiger partial charge in [0, 0.05) is 10.2 Å². The molecule has 66 valence electrons. The lowest BCUT2D eigenvalue weighted by Crippen LogP contribution is -2.18. The van der Waals surface area contributed by atoms with Crippen LogP contribution in [0.25, 0.3) is 0 Å². The second-order valence-electron chi connectivity index (χ2n) is 3.40. The minimum absolute atomic E-state index is 0.150. The molecule has 0 aromatic carbocycles. The van der Waals surface area contributed by atoms with Crippen LogP contribution in [0.3, 0.4) is 0 Å². The van der Waals surface area contributed by atoms with Crippen LogP contribution < -0.4 is 0 Å². The zero-order chi connectivity index (χ0) is 8.91. The van der Waals surface area contributed by atoms with E-state index in [1.54, 1.807) is 0 Å². The van der Waals surface area contributed by atoms with Crippen LogP contribution in [0.1, 0.15) is 26.7 Å². The van der Waals surface area contributed by atoms with E-state index in [2.05, 4.69) is 24.7 Å². The van der Waals surface area contributed by atoms with Crippen LogP contribution in [0.4, 0.5) is 0 Å². The summed E-state index contributed by atoms with van der Waals surface area (Å²) in [6.07, 6.45) is 2.18. The average molecular weight is 191 g/mol. The van der Waals surface area contributed by atoms with Gasteiger partial charge in [-0.2, -0.15) is 12.6 Å². The first-order valence-corrected chi connectivity index (χ1v) is 5.48. The minimum Gasteiger partial charge on any atom is -0.411 e. The molecule has 1 unspecified atom stereocenters. The molecule has 2 nitrogen and oxygen atoms in total. The van der Waals surface area contributed by atoms with Gasteiger partial charge >= 0.3 is 0 Å². The second kappa shape index (κ2) is 4.82. The van der Waals surface area contributed by atoms with E-state index >= 15 is 0 Å². The molecular formula is C7H17NOSSi. The Morgan fingerprint density at radius 3 is 2.64 bits per heavy atom. The highest BCUT2D eigenvalue weighted by molar-refractivity contribution is 7.80. The molecule has 11 heavy (non-hydrogen) atoms. The second-order valence-corrected chi connectivity index (χ2v) is 6.05. The standard InChI is InChI=1S/C7H17NOSSi/c1-6(8-9)7(2,11)4-3-5-10/h9-10H,3-5H2,1-2,11H3. The molecule has 0 radical (unpaired) electrons. The van der Waals surface area contributed by atoms with E-state index in [4.69, 9.17) is 5.21 Å². The normalized spacial score (nSPS) is 18.3. The van der Waals surface area contributed by atoms with E-state index < -0.39 is 0 Å². The molecule has 0 bridgehead atoms. The molecule has 0 spiro atoms. The topological polar surface area (TPSA) is 32.6 Å². The quantitative estimate of drug-likeness (QED) is 0.225. The average Bonchev–Trinajstić information content (AvgIpc) is 1.99. The lowest BCUT2D eigenvalue weighted by molar-refractivity contribution is 0.315. The van der Waals surface area contributed by atoms with Crippen molar-refractivity contribution >= 4 is 28.6 Å². The maximum absolute atomic E-state index is 8.56. The molecule has 4 heteroatoms. The predicted molar refractivity (Wildman–Crippen MR) is 56.3 cm³/mol. The Morgan fingerprint density at radius 1 is 1.73 bits per heavy atom. The van der Waals surface area contributed by atoms with Crippen LogP contribution in [0.5, 0.6) is 0 Å². The molecule has 0 aromatic rings. The van der Waals surface area contributed by atoms with Gasteiger partial charge in [-0.3, -0.25) is 0 Å². The van der Waals surface area contributed by atoms with Crippen molar-refractivity contribution in [3.05, 3.63) is 0 Å². The molecule has 0 aliphatic rings. The zero-order valence-electron chi connectivity index (χ0n) is 7.46. The summed E-state index contributed by atoms with van der Waals surface area (Å²) in [5.41, 5.74) is 0.853. The first kappa shape index (κ1) is 11.0. The van der Waals surface area contributed by atoms with Gasteiger partial charge in [0.1, 0.15) is 0 Å². The van der Waals surface area contributed by atoms with Gasteiger partial charge in [0.2, 0.25) is 0 Å². The van der Waals surface area contributed by atoms with Crippen LogP contribution in [0.15, 0.2) is 5.16 Å². The van der Waals surface area contributed by atoms with Crippen molar-refractivity contribution in [3.8, 4) is 0 Å². The van der Waals surface area contributed by atoms with Gasteiger partial charge in [0.15, 0.2) is 0 Å². The molecule has 0 aliphatic heterocycles. The summed E-state index contributed by atoms with van der Waals surface area (Å²) in [5, 5.41) is 12.0. The maximum atomic E-state index is 8.56. The predicted octanol–water partition coefficient (Wildman–Crippen LogP) is 1.09. The van der Waals surface area contributed by atoms with E-state index in [-0.39, 0.29) is 5.04 Å². The zero-order valence-corrected chi connectivity index (χ0v) is 10.4. The third-order valence-electron chi connectivity index (χ3n) is 2.09. The van der Waals surface area contributed by atoms with E-state index in [1.165, 1.54) is 0 Å². The molecular weight excluding hydrogens is 174 g/mol. The van der Waals surface area contributed by atoms with Crippen molar-refractivity contribution < 1.29 is 5.21 Å². The van der Waals surface area contributed by atoms with Crippen LogP contribution >= 0.6 is 12.6 Å². The lowest BCUT2D eigenvalue weighted by atomic mass is 10.00. The van der Waals surface area contributed by atoms with Crippen molar-refractivity contribution in [2.45, 2.75) is 31.7 Å². The smallest absolute Gasteiger partial charge is 0.0561 e. The highest BCUT2D eigenvalue weighted by Crippen LogP contribution is 2.28. The number of thiol groups is 1. The molecule has 0 aliphatic carbocycles. The molecule has 0 rings (SSSR count). The Balaban J connectivity index is 3.99. The van der Waals surface area contributed by atoms with E-state index in [9.17, 15) is 0 Å². The maximum Gasteiger partial charge on any atom is 0.0561 e. The fourth-order valence-electron chi connectivity index (χ4n) is 0.837. The van der Waals surface area contributed by atoms with Crippen LogP contribution in [-0.4, -0.2) is 26.9 Å². The molecule has 0 fully saturated rings. The van der Waals surface area contributed by atoms with Crippen molar-refractivity contribution in [3.63, 3.8) is 0 Å². The first-order valence-electron chi connectivity index (χ1n) is 3.84. The minimum atomic E-state index is 0.150. The molecule has 0 aromatic heterocycles. The Hall–Kier alpha value is 0.0369. The monoisotopic (exact) mass is 191 g/mol. The van der Waals surface area contributed by atoms with Crippen molar-refractivity contribution in [1.82, 2.24) is 0 Å². The van der Waals surface area contributed by atoms with E-state index in [0.717, 1.165) is 34.5 Å². The van der Waals surface area contributed by atoms with Crippen molar-refractivity contribution in [2.75, 3.05) is 5.75 Å². The number of hydrogen-bond donors (Lipinski definition) is 2. The fourth-order valence-corrected chi connectivity index (χ4v) is 1.45. The molecule has 0 saturated carbocycles. The summed E-state index contributed by atoms with van der Waals surface area (Å²) in [6.45, 7) is 4.02. The third kappa shape index (κ3) is 3.81. The first-order chi connectivity index (χ1) is 5.04. The van der Waals surface area contributed by atoms with E-state index in [1.807, 2.05) is 6.92 Å². The van der Waals surface area contributed by atoms with Crippen molar-refractivity contribution in [1.29, 1.82) is 0 Å². The fraction of sp³-hybridized carbons (Fsp3) is 0.857. The number of hydrogen-bond acceptors (Lipinski definition) is 3. The van der Waals surface area contributed by atoms with Crippen LogP contribution in [0.2, 0.25) is 5.04 Å². The summed E-state index contributed by atoms with van der Waals surface area (Å²) in [6, 6.07) is 0. The van der Waals surface area contributed by atoms with Gasteiger partial charge < -0.3 is 5.21 Å². The Labute approximate surface area is 76.9 Å². The Morgan fingerprint density at radius 2 is 2.27 bits per heavy atom. The van der Waals surface area contributed by atoms with Crippen LogP contribution in [-0.2, 0) is 0 Å². The number of rotatable bonds is 4. The molecule has 1 atom stereocenters. The van der Waals surface area contributed by atoms with Gasteiger partial charge in [-0.05, 0) is 30.6 Å². The van der Waals surface area contributed by atoms with Gasteiger partial charge in [0.25, 0.3) is 0 Å². The van der Waals surface area contributed by atoms with Crippen molar-refractivity contribution in [2.24, 2.45) is 5.16 Å². The Kier molecular flexibility index (Phi) is 4.84. The molecule has 1 N–H and O–H groups in total. The number of oxime groups is 1. The Bertz CT molecular complexity index is 147. The molecule has 0 saturated heterocycles. The summed E-state index contributed by atoms with van der Waals surface area (Å²) in [7, 11) is 1.03. The van der Waals surface area contributed by atoms with Crippen LogP contribution in [0, 0.1) is 0 Å². The highest BCUT2D eigenvalue weighted by atomic mass is 32.1. The van der Waals surface area contributed by atoms with Gasteiger partial charge in [-0.1, -0.05) is 12.1 Å². The lowest BCUT2D eigenvalue weighted by Gasteiger charge is -2.22. The SMILES string of the molecule is CC(=NO)C(C)([SiH3])CCCS. The number of nitrogens with zero attached hydrogens (tertiary/aromatic N) is 1. The summed E-state index contributed by atoms with van der Waals surface area (Å²) < 4.78 is 0. The highest BCUT2D eigenvalue weighted by Gasteiger charge is 2.20. The summed E-state index contributed by atoms with van der Waals surface area (Å²) in [4.78, 5) is 0. The van der Waals surface area contributed by atoms with Gasteiger partial charge in [-0.15, -0.1) is 0 Å². The molecule has 0 amide bonds. The largest absolute Gasteiger partial charge is 0.411 e.